The smallest absolute Gasteiger partial charge is 0.289 e. The highest BCUT2D eigenvalue weighted by molar-refractivity contribution is 5.94. The summed E-state index contributed by atoms with van der Waals surface area (Å²) in [6.45, 7) is 4.93. The first-order valence-electron chi connectivity index (χ1n) is 9.80. The number of anilines is 1. The molecule has 1 N–H and O–H groups in total. The highest BCUT2D eigenvalue weighted by Crippen LogP contribution is 2.26. The highest BCUT2D eigenvalue weighted by Gasteiger charge is 2.29. The summed E-state index contributed by atoms with van der Waals surface area (Å²) in [5.74, 6) is 0.0700. The first kappa shape index (κ1) is 19.0. The molecule has 3 heterocycles. The molecule has 0 radical (unpaired) electrons. The number of hydrogen-bond donors (Lipinski definition) is 1. The highest BCUT2D eigenvalue weighted by atomic mass is 16.3. The van der Waals surface area contributed by atoms with Crippen molar-refractivity contribution in [2.45, 2.75) is 26.7 Å². The summed E-state index contributed by atoms with van der Waals surface area (Å²) in [5.41, 5.74) is 3.39. The maximum Gasteiger partial charge on any atom is 0.289 e. The normalized spacial score (nSPS) is 14.8. The number of carbonyl (C=O) groups is 2. The van der Waals surface area contributed by atoms with Crippen LogP contribution in [0.4, 0.5) is 5.69 Å². The van der Waals surface area contributed by atoms with Crippen LogP contribution in [0.2, 0.25) is 0 Å². The minimum Gasteiger partial charge on any atom is -0.459 e. The van der Waals surface area contributed by atoms with Crippen molar-refractivity contribution in [1.82, 2.24) is 14.7 Å². The van der Waals surface area contributed by atoms with Crippen LogP contribution >= 0.6 is 0 Å². The number of para-hydroxylation sites is 1. The third kappa shape index (κ3) is 3.81. The molecule has 1 fully saturated rings. The van der Waals surface area contributed by atoms with Crippen molar-refractivity contribution in [3.05, 3.63) is 65.9 Å². The predicted octanol–water partition coefficient (Wildman–Crippen LogP) is 3.57. The Hall–Kier alpha value is -3.35. The topological polar surface area (TPSA) is 80.4 Å². The van der Waals surface area contributed by atoms with Gasteiger partial charge in [-0.25, -0.2) is 4.68 Å². The number of benzene rings is 1. The van der Waals surface area contributed by atoms with Gasteiger partial charge in [-0.1, -0.05) is 18.2 Å². The fourth-order valence-corrected chi connectivity index (χ4v) is 3.77. The molecule has 0 bridgehead atoms. The van der Waals surface area contributed by atoms with Crippen LogP contribution < -0.4 is 5.32 Å². The molecule has 2 aromatic heterocycles. The van der Waals surface area contributed by atoms with E-state index in [1.54, 1.807) is 17.0 Å². The molecule has 1 aromatic carbocycles. The number of amides is 2. The Morgan fingerprint density at radius 2 is 1.79 bits per heavy atom. The third-order valence-corrected chi connectivity index (χ3v) is 5.43. The number of nitrogens with zero attached hydrogens (tertiary/aromatic N) is 3. The molecule has 1 aliphatic rings. The van der Waals surface area contributed by atoms with Crippen molar-refractivity contribution in [1.29, 1.82) is 0 Å². The van der Waals surface area contributed by atoms with E-state index in [-0.39, 0.29) is 17.7 Å². The van der Waals surface area contributed by atoms with Crippen LogP contribution in [0.1, 0.15) is 34.8 Å². The molecular weight excluding hydrogens is 368 g/mol. The SMILES string of the molecule is Cc1nn(-c2ccccc2)c(C)c1NC(=O)C1CCN(C(=O)c2ccco2)CC1. The molecule has 3 aromatic rings. The molecule has 150 valence electrons. The van der Waals surface area contributed by atoms with Crippen LogP contribution in [0, 0.1) is 19.8 Å². The number of likely N-dealkylation sites (tertiary alicyclic amines) is 1. The first-order valence-corrected chi connectivity index (χ1v) is 9.80. The van der Waals surface area contributed by atoms with E-state index in [1.807, 2.05) is 48.9 Å². The quantitative estimate of drug-likeness (QED) is 0.736. The average molecular weight is 392 g/mol. The Balaban J connectivity index is 1.41. The lowest BCUT2D eigenvalue weighted by Gasteiger charge is -2.30. The molecule has 0 saturated carbocycles. The zero-order valence-corrected chi connectivity index (χ0v) is 16.6. The van der Waals surface area contributed by atoms with E-state index in [0.29, 0.717) is 31.7 Å². The number of aryl methyl sites for hydroxylation is 1. The van der Waals surface area contributed by atoms with Gasteiger partial charge in [0.2, 0.25) is 5.91 Å². The second-order valence-corrected chi connectivity index (χ2v) is 7.33. The molecule has 1 saturated heterocycles. The molecule has 29 heavy (non-hydrogen) atoms. The Labute approximate surface area is 169 Å². The maximum absolute atomic E-state index is 12.9. The van der Waals surface area contributed by atoms with Gasteiger partial charge in [0.15, 0.2) is 5.76 Å². The summed E-state index contributed by atoms with van der Waals surface area (Å²) >= 11 is 0. The van der Waals surface area contributed by atoms with Gasteiger partial charge in [-0.15, -0.1) is 0 Å². The Morgan fingerprint density at radius 3 is 2.45 bits per heavy atom. The average Bonchev–Trinajstić information content (AvgIpc) is 3.38. The van der Waals surface area contributed by atoms with Gasteiger partial charge in [0, 0.05) is 19.0 Å². The lowest BCUT2D eigenvalue weighted by Crippen LogP contribution is -2.41. The van der Waals surface area contributed by atoms with E-state index in [1.165, 1.54) is 6.26 Å². The molecule has 7 heteroatoms. The second kappa shape index (κ2) is 7.95. The van der Waals surface area contributed by atoms with Crippen LogP contribution in [-0.4, -0.2) is 39.6 Å². The fourth-order valence-electron chi connectivity index (χ4n) is 3.77. The number of rotatable bonds is 4. The van der Waals surface area contributed by atoms with Crippen LogP contribution in [0.5, 0.6) is 0 Å². The van der Waals surface area contributed by atoms with Crippen molar-refractivity contribution in [2.24, 2.45) is 5.92 Å². The minimum atomic E-state index is -0.130. The number of aromatic nitrogens is 2. The summed E-state index contributed by atoms with van der Waals surface area (Å²) < 4.78 is 7.03. The van der Waals surface area contributed by atoms with E-state index < -0.39 is 0 Å². The van der Waals surface area contributed by atoms with Gasteiger partial charge in [0.25, 0.3) is 5.91 Å². The molecule has 0 aliphatic carbocycles. The summed E-state index contributed by atoms with van der Waals surface area (Å²) in [6, 6.07) is 13.2. The number of furan rings is 1. The van der Waals surface area contributed by atoms with E-state index in [9.17, 15) is 9.59 Å². The monoisotopic (exact) mass is 392 g/mol. The fraction of sp³-hybridized carbons (Fsp3) is 0.318. The minimum absolute atomic E-state index is 0.0195. The predicted molar refractivity (Wildman–Crippen MR) is 109 cm³/mol. The zero-order valence-electron chi connectivity index (χ0n) is 16.6. The zero-order chi connectivity index (χ0) is 20.4. The van der Waals surface area contributed by atoms with E-state index >= 15 is 0 Å². The number of piperidine rings is 1. The van der Waals surface area contributed by atoms with E-state index in [0.717, 1.165) is 22.8 Å². The Kier molecular flexibility index (Phi) is 5.20. The maximum atomic E-state index is 12.9. The van der Waals surface area contributed by atoms with Crippen LogP contribution in [0.3, 0.4) is 0 Å². The number of carbonyl (C=O) groups excluding carboxylic acids is 2. The van der Waals surface area contributed by atoms with Crippen molar-refractivity contribution in [3.63, 3.8) is 0 Å². The molecule has 0 spiro atoms. The van der Waals surface area contributed by atoms with Crippen molar-refractivity contribution in [3.8, 4) is 5.69 Å². The van der Waals surface area contributed by atoms with Crippen molar-refractivity contribution in [2.75, 3.05) is 18.4 Å². The molecule has 0 atom stereocenters. The second-order valence-electron chi connectivity index (χ2n) is 7.33. The lowest BCUT2D eigenvalue weighted by atomic mass is 9.95. The molecule has 4 rings (SSSR count). The first-order chi connectivity index (χ1) is 14.0. The van der Waals surface area contributed by atoms with E-state index in [2.05, 4.69) is 10.4 Å². The third-order valence-electron chi connectivity index (χ3n) is 5.43. The van der Waals surface area contributed by atoms with Gasteiger partial charge >= 0.3 is 0 Å². The van der Waals surface area contributed by atoms with Gasteiger partial charge < -0.3 is 14.6 Å². The Bertz CT molecular complexity index is 1000. The van der Waals surface area contributed by atoms with Crippen LogP contribution in [0.15, 0.2) is 53.1 Å². The van der Waals surface area contributed by atoms with Crippen LogP contribution in [-0.2, 0) is 4.79 Å². The van der Waals surface area contributed by atoms with Gasteiger partial charge in [0.05, 0.1) is 29.0 Å². The van der Waals surface area contributed by atoms with Crippen molar-refractivity contribution < 1.29 is 14.0 Å². The summed E-state index contributed by atoms with van der Waals surface area (Å²) in [7, 11) is 0. The Morgan fingerprint density at radius 1 is 1.07 bits per heavy atom. The number of nitrogens with one attached hydrogen (secondary N) is 1. The van der Waals surface area contributed by atoms with Crippen molar-refractivity contribution >= 4 is 17.5 Å². The standard InChI is InChI=1S/C22H24N4O3/c1-15-20(16(2)26(24-15)18-7-4-3-5-8-18)23-21(27)17-10-12-25(13-11-17)22(28)19-9-6-14-29-19/h3-9,14,17H,10-13H2,1-2H3,(H,23,27). The van der Waals surface area contributed by atoms with Gasteiger partial charge in [-0.05, 0) is 51.0 Å². The van der Waals surface area contributed by atoms with Gasteiger partial charge in [-0.2, -0.15) is 5.10 Å². The van der Waals surface area contributed by atoms with Crippen LogP contribution in [0.25, 0.3) is 5.69 Å². The van der Waals surface area contributed by atoms with Gasteiger partial charge in [-0.3, -0.25) is 9.59 Å². The van der Waals surface area contributed by atoms with E-state index in [4.69, 9.17) is 4.42 Å². The largest absolute Gasteiger partial charge is 0.459 e. The number of hydrogen-bond acceptors (Lipinski definition) is 4. The van der Waals surface area contributed by atoms with Gasteiger partial charge in [0.1, 0.15) is 0 Å². The summed E-state index contributed by atoms with van der Waals surface area (Å²) in [4.78, 5) is 27.0. The lowest BCUT2D eigenvalue weighted by molar-refractivity contribution is -0.121. The molecule has 0 unspecified atom stereocenters. The summed E-state index contributed by atoms with van der Waals surface area (Å²) in [5, 5.41) is 7.65. The summed E-state index contributed by atoms with van der Waals surface area (Å²) in [6.07, 6.45) is 2.75. The molecule has 1 aliphatic heterocycles. The molecule has 7 nitrogen and oxygen atoms in total. The molecule has 2 amide bonds. The molecular formula is C22H24N4O3.